The fourth-order valence-corrected chi connectivity index (χ4v) is 3.68. The number of rotatable bonds is 4. The van der Waals surface area contributed by atoms with Gasteiger partial charge < -0.3 is 9.64 Å². The first-order valence-corrected chi connectivity index (χ1v) is 8.47. The molecule has 0 spiro atoms. The Kier molecular flexibility index (Phi) is 5.21. The number of benzene rings is 1. The van der Waals surface area contributed by atoms with Crippen LogP contribution in [0.15, 0.2) is 18.2 Å². The van der Waals surface area contributed by atoms with Crippen molar-refractivity contribution < 1.29 is 4.74 Å². The van der Waals surface area contributed by atoms with E-state index < -0.39 is 0 Å². The molecule has 0 amide bonds. The first kappa shape index (κ1) is 16.7. The molecule has 0 N–H and O–H groups in total. The van der Waals surface area contributed by atoms with E-state index in [0.29, 0.717) is 5.92 Å². The van der Waals surface area contributed by atoms with Gasteiger partial charge in [-0.1, -0.05) is 17.7 Å². The van der Waals surface area contributed by atoms with Gasteiger partial charge in [0.1, 0.15) is 0 Å². The number of nitrogens with zero attached hydrogens (tertiary/aromatic N) is 4. The van der Waals surface area contributed by atoms with Gasteiger partial charge in [0.15, 0.2) is 0 Å². The lowest BCUT2D eigenvalue weighted by Crippen LogP contribution is -2.34. The van der Waals surface area contributed by atoms with E-state index in [-0.39, 0.29) is 0 Å². The van der Waals surface area contributed by atoms with Crippen molar-refractivity contribution in [1.82, 2.24) is 19.6 Å². The average molecular weight is 337 g/mol. The predicted octanol–water partition coefficient (Wildman–Crippen LogP) is 2.24. The number of fused-ring (bicyclic) bond motifs is 1. The number of aromatic nitrogens is 2. The van der Waals surface area contributed by atoms with Crippen molar-refractivity contribution in [2.45, 2.75) is 6.54 Å². The molecule has 0 bridgehead atoms. The van der Waals surface area contributed by atoms with Gasteiger partial charge >= 0.3 is 0 Å². The number of ether oxygens (including phenoxy) is 1. The molecule has 1 aliphatic heterocycles. The molecule has 0 aliphatic carbocycles. The van der Waals surface area contributed by atoms with Crippen molar-refractivity contribution in [3.63, 3.8) is 0 Å². The van der Waals surface area contributed by atoms with Crippen LogP contribution in [0.25, 0.3) is 10.9 Å². The van der Waals surface area contributed by atoms with Gasteiger partial charge in [-0.25, -0.2) is 0 Å². The van der Waals surface area contributed by atoms with Gasteiger partial charge in [0.05, 0.1) is 29.4 Å². The third kappa shape index (κ3) is 3.86. The highest BCUT2D eigenvalue weighted by Crippen LogP contribution is 2.27. The molecule has 1 aliphatic rings. The van der Waals surface area contributed by atoms with E-state index in [4.69, 9.17) is 21.4 Å². The Labute approximate surface area is 142 Å². The van der Waals surface area contributed by atoms with Gasteiger partial charge in [-0.15, -0.1) is 0 Å². The standard InChI is InChI=1S/C17H25ClN4O/c1-20(2)9-13-10-22(7-8-23-12-13)11-15-17-14(18)5-4-6-16(17)21(3)19-15/h4-6,13H,7-12H2,1-3H3. The van der Waals surface area contributed by atoms with Crippen molar-refractivity contribution in [1.29, 1.82) is 0 Å². The van der Waals surface area contributed by atoms with Crippen LogP contribution in [0, 0.1) is 5.92 Å². The van der Waals surface area contributed by atoms with Crippen LogP contribution in [-0.4, -0.2) is 66.5 Å². The minimum atomic E-state index is 0.526. The Bertz CT molecular complexity index is 670. The highest BCUT2D eigenvalue weighted by Gasteiger charge is 2.21. The van der Waals surface area contributed by atoms with Crippen LogP contribution in [0.1, 0.15) is 5.69 Å². The Morgan fingerprint density at radius 1 is 1.39 bits per heavy atom. The highest BCUT2D eigenvalue weighted by molar-refractivity contribution is 6.35. The Balaban J connectivity index is 1.80. The van der Waals surface area contributed by atoms with E-state index in [1.165, 1.54) is 0 Å². The van der Waals surface area contributed by atoms with Gasteiger partial charge in [-0.3, -0.25) is 9.58 Å². The molecule has 126 valence electrons. The molecule has 1 atom stereocenters. The first-order valence-electron chi connectivity index (χ1n) is 8.09. The van der Waals surface area contributed by atoms with Gasteiger partial charge in [0.2, 0.25) is 0 Å². The molecule has 2 heterocycles. The van der Waals surface area contributed by atoms with Crippen molar-refractivity contribution in [3.05, 3.63) is 28.9 Å². The van der Waals surface area contributed by atoms with E-state index in [1.807, 2.05) is 23.9 Å². The van der Waals surface area contributed by atoms with Crippen LogP contribution in [-0.2, 0) is 18.3 Å². The zero-order valence-electron chi connectivity index (χ0n) is 14.1. The summed E-state index contributed by atoms with van der Waals surface area (Å²) in [6.07, 6.45) is 0. The van der Waals surface area contributed by atoms with E-state index in [2.05, 4.69) is 30.0 Å². The van der Waals surface area contributed by atoms with Crippen LogP contribution in [0.5, 0.6) is 0 Å². The summed E-state index contributed by atoms with van der Waals surface area (Å²) in [5.74, 6) is 0.526. The zero-order valence-corrected chi connectivity index (χ0v) is 14.9. The summed E-state index contributed by atoms with van der Waals surface area (Å²) < 4.78 is 7.69. The Morgan fingerprint density at radius 2 is 2.22 bits per heavy atom. The lowest BCUT2D eigenvalue weighted by atomic mass is 10.1. The van der Waals surface area contributed by atoms with E-state index in [9.17, 15) is 0 Å². The number of aryl methyl sites for hydroxylation is 1. The van der Waals surface area contributed by atoms with Crippen molar-refractivity contribution in [3.8, 4) is 0 Å². The molecular weight excluding hydrogens is 312 g/mol. The van der Waals surface area contributed by atoms with Gasteiger partial charge in [0, 0.05) is 44.5 Å². The molecule has 1 fully saturated rings. The second kappa shape index (κ2) is 7.18. The maximum absolute atomic E-state index is 6.42. The van der Waals surface area contributed by atoms with Crippen molar-refractivity contribution in [2.75, 3.05) is 46.9 Å². The average Bonchev–Trinajstić information content (AvgIpc) is 2.66. The van der Waals surface area contributed by atoms with Gasteiger partial charge in [-0.05, 0) is 26.2 Å². The highest BCUT2D eigenvalue weighted by atomic mass is 35.5. The second-order valence-electron chi connectivity index (χ2n) is 6.64. The molecule has 1 aromatic carbocycles. The number of hydrogen-bond donors (Lipinski definition) is 0. The van der Waals surface area contributed by atoms with E-state index in [0.717, 1.165) is 61.0 Å². The maximum Gasteiger partial charge on any atom is 0.0858 e. The summed E-state index contributed by atoms with van der Waals surface area (Å²) in [4.78, 5) is 4.66. The van der Waals surface area contributed by atoms with Gasteiger partial charge in [-0.2, -0.15) is 5.10 Å². The lowest BCUT2D eigenvalue weighted by molar-refractivity contribution is 0.112. The lowest BCUT2D eigenvalue weighted by Gasteiger charge is -2.24. The maximum atomic E-state index is 6.42. The van der Waals surface area contributed by atoms with Crippen LogP contribution >= 0.6 is 11.6 Å². The Hall–Kier alpha value is -1.14. The van der Waals surface area contributed by atoms with Gasteiger partial charge in [0.25, 0.3) is 0 Å². The molecule has 1 unspecified atom stereocenters. The first-order chi connectivity index (χ1) is 11.0. The Morgan fingerprint density at radius 3 is 3.00 bits per heavy atom. The summed E-state index contributed by atoms with van der Waals surface area (Å²) in [6.45, 7) is 5.43. The summed E-state index contributed by atoms with van der Waals surface area (Å²) >= 11 is 6.42. The SMILES string of the molecule is CN(C)CC1COCCN(Cc2nn(C)c3cccc(Cl)c23)C1. The molecule has 5 nitrogen and oxygen atoms in total. The minimum Gasteiger partial charge on any atom is -0.380 e. The van der Waals surface area contributed by atoms with Crippen molar-refractivity contribution >= 4 is 22.5 Å². The monoisotopic (exact) mass is 336 g/mol. The van der Waals surface area contributed by atoms with E-state index >= 15 is 0 Å². The fraction of sp³-hybridized carbons (Fsp3) is 0.588. The summed E-state index contributed by atoms with van der Waals surface area (Å²) in [7, 11) is 6.20. The fourth-order valence-electron chi connectivity index (χ4n) is 3.40. The van der Waals surface area contributed by atoms with Crippen LogP contribution in [0.2, 0.25) is 5.02 Å². The minimum absolute atomic E-state index is 0.526. The molecule has 2 aromatic rings. The largest absolute Gasteiger partial charge is 0.380 e. The molecule has 1 aromatic heterocycles. The molecule has 23 heavy (non-hydrogen) atoms. The summed E-state index contributed by atoms with van der Waals surface area (Å²) in [6, 6.07) is 5.98. The summed E-state index contributed by atoms with van der Waals surface area (Å²) in [5.41, 5.74) is 2.14. The second-order valence-corrected chi connectivity index (χ2v) is 7.05. The normalized spacial score (nSPS) is 20.3. The summed E-state index contributed by atoms with van der Waals surface area (Å²) in [5, 5.41) is 6.55. The van der Waals surface area contributed by atoms with Crippen LogP contribution < -0.4 is 0 Å². The molecule has 6 heteroatoms. The zero-order chi connectivity index (χ0) is 16.4. The van der Waals surface area contributed by atoms with Crippen LogP contribution in [0.3, 0.4) is 0 Å². The quantitative estimate of drug-likeness (QED) is 0.857. The van der Waals surface area contributed by atoms with Crippen LogP contribution in [0.4, 0.5) is 0 Å². The molecule has 0 radical (unpaired) electrons. The van der Waals surface area contributed by atoms with E-state index in [1.54, 1.807) is 0 Å². The third-order valence-electron chi connectivity index (χ3n) is 4.32. The number of halogens is 1. The third-order valence-corrected chi connectivity index (χ3v) is 4.63. The molecule has 3 rings (SSSR count). The van der Waals surface area contributed by atoms with Crippen molar-refractivity contribution in [2.24, 2.45) is 13.0 Å². The topological polar surface area (TPSA) is 33.5 Å². The predicted molar refractivity (Wildman–Crippen MR) is 93.9 cm³/mol. The number of hydrogen-bond acceptors (Lipinski definition) is 4. The molecular formula is C17H25ClN4O. The smallest absolute Gasteiger partial charge is 0.0858 e. The molecule has 0 saturated carbocycles. The molecule has 1 saturated heterocycles.